The summed E-state index contributed by atoms with van der Waals surface area (Å²) >= 11 is 0. The molecule has 0 aromatic heterocycles. The zero-order valence-corrected chi connectivity index (χ0v) is 24.9. The Morgan fingerprint density at radius 1 is 0.841 bits per heavy atom. The molecule has 11 heteroatoms. The van der Waals surface area contributed by atoms with Gasteiger partial charge in [-0.2, -0.15) is 0 Å². The van der Waals surface area contributed by atoms with Gasteiger partial charge in [-0.05, 0) is 47.5 Å². The van der Waals surface area contributed by atoms with Crippen LogP contribution in [0.25, 0.3) is 0 Å². The zero-order chi connectivity index (χ0) is 31.1. The summed E-state index contributed by atoms with van der Waals surface area (Å²) in [5, 5.41) is 2.65. The van der Waals surface area contributed by atoms with E-state index in [1.807, 2.05) is 60.7 Å². The molecule has 44 heavy (non-hydrogen) atoms. The molecule has 1 atom stereocenters. The summed E-state index contributed by atoms with van der Waals surface area (Å²) in [4.78, 5) is 28.8. The van der Waals surface area contributed by atoms with Crippen molar-refractivity contribution in [2.45, 2.75) is 23.9 Å². The van der Waals surface area contributed by atoms with Gasteiger partial charge in [-0.15, -0.1) is 0 Å². The minimum atomic E-state index is -4.39. The first-order valence-electron chi connectivity index (χ1n) is 14.0. The van der Waals surface area contributed by atoms with Crippen LogP contribution >= 0.6 is 0 Å². The van der Waals surface area contributed by atoms with Crippen LogP contribution in [-0.4, -0.2) is 58.0 Å². The van der Waals surface area contributed by atoms with E-state index in [0.717, 1.165) is 27.6 Å². The quantitative estimate of drug-likeness (QED) is 0.271. The number of amides is 2. The van der Waals surface area contributed by atoms with Gasteiger partial charge < -0.3 is 19.7 Å². The van der Waals surface area contributed by atoms with Gasteiger partial charge in [0.2, 0.25) is 11.8 Å². The Bertz CT molecular complexity index is 1700. The van der Waals surface area contributed by atoms with E-state index in [2.05, 4.69) is 5.32 Å². The molecule has 0 fully saturated rings. The average Bonchev–Trinajstić information content (AvgIpc) is 3.06. The summed E-state index contributed by atoms with van der Waals surface area (Å²) in [6.07, 6.45) is 0.199. The second kappa shape index (κ2) is 13.6. The fourth-order valence-corrected chi connectivity index (χ4v) is 6.38. The van der Waals surface area contributed by atoms with Gasteiger partial charge in [0.25, 0.3) is 10.0 Å². The van der Waals surface area contributed by atoms with Gasteiger partial charge in [-0.1, -0.05) is 60.7 Å². The van der Waals surface area contributed by atoms with Crippen molar-refractivity contribution in [1.29, 1.82) is 0 Å². The lowest BCUT2D eigenvalue weighted by atomic mass is 10.0. The Morgan fingerprint density at radius 3 is 2.09 bits per heavy atom. The van der Waals surface area contributed by atoms with Crippen molar-refractivity contribution in [2.24, 2.45) is 0 Å². The number of likely N-dealkylation sites (N-methyl/N-ethyl adjacent to an activating group) is 1. The van der Waals surface area contributed by atoms with E-state index >= 15 is 0 Å². The molecule has 4 aromatic carbocycles. The molecule has 0 spiro atoms. The highest BCUT2D eigenvalue weighted by molar-refractivity contribution is 7.92. The van der Waals surface area contributed by atoms with Gasteiger partial charge in [-0.3, -0.25) is 13.9 Å². The van der Waals surface area contributed by atoms with Gasteiger partial charge in [0.05, 0.1) is 10.6 Å². The van der Waals surface area contributed by atoms with Crippen molar-refractivity contribution in [3.63, 3.8) is 0 Å². The summed E-state index contributed by atoms with van der Waals surface area (Å²) in [6.45, 7) is -0.0150. The van der Waals surface area contributed by atoms with Crippen LogP contribution in [0, 0.1) is 5.82 Å². The number of sulfonamides is 1. The Labute approximate surface area is 255 Å². The summed E-state index contributed by atoms with van der Waals surface area (Å²) in [7, 11) is -2.90. The first-order chi connectivity index (χ1) is 21.3. The number of nitrogens with one attached hydrogen (secondary N) is 1. The zero-order valence-electron chi connectivity index (χ0n) is 24.1. The molecule has 1 unspecified atom stereocenters. The van der Waals surface area contributed by atoms with Crippen LogP contribution in [0.1, 0.15) is 11.1 Å². The Balaban J connectivity index is 1.55. The van der Waals surface area contributed by atoms with Crippen molar-refractivity contribution >= 4 is 27.5 Å². The van der Waals surface area contributed by atoms with E-state index < -0.39 is 40.2 Å². The molecule has 1 aliphatic heterocycles. The second-order valence-corrected chi connectivity index (χ2v) is 12.0. The number of rotatable bonds is 11. The number of nitrogens with zero attached hydrogens (tertiary/aromatic N) is 2. The highest BCUT2D eigenvalue weighted by atomic mass is 32.2. The van der Waals surface area contributed by atoms with Crippen LogP contribution in [-0.2, 0) is 32.6 Å². The predicted octanol–water partition coefficient (Wildman–Crippen LogP) is 4.18. The first kappa shape index (κ1) is 30.6. The molecule has 0 radical (unpaired) electrons. The van der Waals surface area contributed by atoms with E-state index in [1.54, 1.807) is 0 Å². The summed E-state index contributed by atoms with van der Waals surface area (Å²) in [6, 6.07) is 26.5. The molecule has 2 amide bonds. The summed E-state index contributed by atoms with van der Waals surface area (Å²) in [5.74, 6) is -0.922. The third-order valence-corrected chi connectivity index (χ3v) is 8.98. The van der Waals surface area contributed by atoms with Gasteiger partial charge in [0, 0.05) is 26.1 Å². The molecule has 0 saturated heterocycles. The molecule has 1 N–H and O–H groups in total. The predicted molar refractivity (Wildman–Crippen MR) is 163 cm³/mol. The van der Waals surface area contributed by atoms with Crippen LogP contribution in [0.15, 0.2) is 108 Å². The van der Waals surface area contributed by atoms with Gasteiger partial charge in [0.15, 0.2) is 11.5 Å². The van der Waals surface area contributed by atoms with Crippen molar-refractivity contribution in [3.05, 3.63) is 120 Å². The molecule has 0 aliphatic carbocycles. The molecule has 1 heterocycles. The van der Waals surface area contributed by atoms with E-state index in [1.165, 1.54) is 42.3 Å². The summed E-state index contributed by atoms with van der Waals surface area (Å²) in [5.41, 5.74) is 1.66. The number of anilines is 1. The second-order valence-electron chi connectivity index (χ2n) is 10.1. The number of hydrogen-bond donors (Lipinski definition) is 1. The van der Waals surface area contributed by atoms with E-state index in [9.17, 15) is 22.4 Å². The minimum absolute atomic E-state index is 0.0475. The van der Waals surface area contributed by atoms with Crippen molar-refractivity contribution in [3.8, 4) is 11.5 Å². The van der Waals surface area contributed by atoms with Crippen LogP contribution in [0.2, 0.25) is 0 Å². The maximum Gasteiger partial charge on any atom is 0.264 e. The molecule has 4 aromatic rings. The Morgan fingerprint density at radius 2 is 1.45 bits per heavy atom. The number of fused-ring (bicyclic) bond motifs is 1. The van der Waals surface area contributed by atoms with Crippen molar-refractivity contribution in [2.75, 3.05) is 31.1 Å². The monoisotopic (exact) mass is 617 g/mol. The number of hydrogen-bond acceptors (Lipinski definition) is 6. The lowest BCUT2D eigenvalue weighted by molar-refractivity contribution is -0.139. The third kappa shape index (κ3) is 7.00. The Kier molecular flexibility index (Phi) is 9.44. The first-order valence-corrected chi connectivity index (χ1v) is 15.5. The molecule has 9 nitrogen and oxygen atoms in total. The van der Waals surface area contributed by atoms with Gasteiger partial charge in [-0.25, -0.2) is 12.8 Å². The van der Waals surface area contributed by atoms with E-state index in [4.69, 9.17) is 9.47 Å². The molecule has 0 bridgehead atoms. The average molecular weight is 618 g/mol. The van der Waals surface area contributed by atoms with E-state index in [0.29, 0.717) is 12.4 Å². The fraction of sp³-hybridized carbons (Fsp3) is 0.212. The molecule has 228 valence electrons. The van der Waals surface area contributed by atoms with Crippen LogP contribution in [0.3, 0.4) is 0 Å². The topological polar surface area (TPSA) is 105 Å². The normalized spacial score (nSPS) is 13.0. The summed E-state index contributed by atoms with van der Waals surface area (Å²) < 4.78 is 54.3. The molecular formula is C33H32FN3O6S. The van der Waals surface area contributed by atoms with Gasteiger partial charge >= 0.3 is 0 Å². The van der Waals surface area contributed by atoms with Crippen molar-refractivity contribution in [1.82, 2.24) is 10.2 Å². The number of halogens is 1. The van der Waals surface area contributed by atoms with Crippen LogP contribution < -0.4 is 19.1 Å². The number of benzene rings is 4. The molecule has 0 saturated carbocycles. The SMILES string of the molecule is CNC(=O)C(Cc1ccccc1)N(Cc1ccccc1)C(=O)CN(c1ccc(F)cc1)S(=O)(=O)c1ccc2c(c1)OCCO2. The maximum absolute atomic E-state index is 14.3. The van der Waals surface area contributed by atoms with Crippen LogP contribution in [0.4, 0.5) is 10.1 Å². The standard InChI is InChI=1S/C33H32FN3O6S/c1-35-33(39)29(20-24-8-4-2-5-9-24)36(22-25-10-6-3-7-11-25)32(38)23-37(27-14-12-26(34)13-15-27)44(40,41)28-16-17-30-31(21-28)43-19-18-42-30/h2-17,21,29H,18-20,22-23H2,1H3,(H,35,39). The minimum Gasteiger partial charge on any atom is -0.486 e. The lowest BCUT2D eigenvalue weighted by Gasteiger charge is -2.33. The maximum atomic E-state index is 14.3. The highest BCUT2D eigenvalue weighted by Crippen LogP contribution is 2.34. The van der Waals surface area contributed by atoms with E-state index in [-0.39, 0.29) is 35.9 Å². The van der Waals surface area contributed by atoms with Crippen LogP contribution in [0.5, 0.6) is 11.5 Å². The smallest absolute Gasteiger partial charge is 0.264 e. The largest absolute Gasteiger partial charge is 0.486 e. The molecule has 1 aliphatic rings. The third-order valence-electron chi connectivity index (χ3n) is 7.21. The number of carbonyl (C=O) groups excluding carboxylic acids is 2. The highest BCUT2D eigenvalue weighted by Gasteiger charge is 2.35. The van der Waals surface area contributed by atoms with Crippen molar-refractivity contribution < 1.29 is 31.9 Å². The number of carbonyl (C=O) groups is 2. The van der Waals surface area contributed by atoms with Gasteiger partial charge in [0.1, 0.15) is 31.6 Å². The molecule has 5 rings (SSSR count). The lowest BCUT2D eigenvalue weighted by Crippen LogP contribution is -2.53. The fourth-order valence-electron chi connectivity index (χ4n) is 4.95. The molecular weight excluding hydrogens is 585 g/mol. The Hall–Kier alpha value is -4.90. The number of ether oxygens (including phenoxy) is 2.